The van der Waals surface area contributed by atoms with Gasteiger partial charge in [0.05, 0.1) is 12.7 Å². The van der Waals surface area contributed by atoms with E-state index in [-0.39, 0.29) is 6.10 Å². The van der Waals surface area contributed by atoms with E-state index in [0.29, 0.717) is 0 Å². The first-order valence-electron chi connectivity index (χ1n) is 5.29. The van der Waals surface area contributed by atoms with Crippen molar-refractivity contribution in [2.24, 2.45) is 0 Å². The average Bonchev–Trinajstić information content (AvgIpc) is 2.64. The topological polar surface area (TPSA) is 29.5 Å². The highest BCUT2D eigenvalue weighted by atomic mass is 16.5. The van der Waals surface area contributed by atoms with Crippen LogP contribution in [0.1, 0.15) is 25.0 Å². The first-order valence-corrected chi connectivity index (χ1v) is 5.29. The maximum Gasteiger partial charge on any atom is 0.122 e. The van der Waals surface area contributed by atoms with Crippen LogP contribution in [-0.4, -0.2) is 17.8 Å². The fourth-order valence-electron chi connectivity index (χ4n) is 1.68. The Kier molecular flexibility index (Phi) is 2.78. The predicted octanol–water partition coefficient (Wildman–Crippen LogP) is 2.41. The van der Waals surface area contributed by atoms with Crippen LogP contribution in [0.25, 0.3) is 6.08 Å². The van der Waals surface area contributed by atoms with E-state index in [9.17, 15) is 5.11 Å². The Balaban J connectivity index is 2.27. The molecule has 0 saturated heterocycles. The van der Waals surface area contributed by atoms with Gasteiger partial charge < -0.3 is 9.84 Å². The lowest BCUT2D eigenvalue weighted by atomic mass is 10.0. The summed E-state index contributed by atoms with van der Waals surface area (Å²) in [7, 11) is 0. The Morgan fingerprint density at radius 3 is 3.07 bits per heavy atom. The number of hydrogen-bond acceptors (Lipinski definition) is 2. The highest BCUT2D eigenvalue weighted by Crippen LogP contribution is 2.26. The number of aliphatic hydroxyl groups is 1. The van der Waals surface area contributed by atoms with Crippen molar-refractivity contribution in [2.45, 2.75) is 26.4 Å². The van der Waals surface area contributed by atoms with E-state index in [0.717, 1.165) is 29.9 Å². The van der Waals surface area contributed by atoms with E-state index < -0.39 is 0 Å². The Morgan fingerprint density at radius 2 is 2.33 bits per heavy atom. The Hall–Kier alpha value is -1.28. The highest BCUT2D eigenvalue weighted by Gasteiger charge is 2.11. The molecule has 1 aliphatic heterocycles. The first-order chi connectivity index (χ1) is 7.16. The molecule has 1 heterocycles. The summed E-state index contributed by atoms with van der Waals surface area (Å²) in [5.74, 6) is 1.00. The van der Waals surface area contributed by atoms with Crippen LogP contribution in [0.2, 0.25) is 0 Å². The molecule has 0 radical (unpaired) electrons. The van der Waals surface area contributed by atoms with Gasteiger partial charge in [0.2, 0.25) is 0 Å². The molecule has 1 aromatic rings. The molecule has 15 heavy (non-hydrogen) atoms. The lowest BCUT2D eigenvalue weighted by Crippen LogP contribution is -2.00. The summed E-state index contributed by atoms with van der Waals surface area (Å²) in [6, 6.07) is 6.16. The molecule has 0 bridgehead atoms. The molecule has 2 heteroatoms. The van der Waals surface area contributed by atoms with Gasteiger partial charge >= 0.3 is 0 Å². The molecule has 1 aliphatic rings. The minimum absolute atomic E-state index is 0.380. The maximum atomic E-state index is 9.38. The Morgan fingerprint density at radius 1 is 1.53 bits per heavy atom. The molecule has 1 unspecified atom stereocenters. The van der Waals surface area contributed by atoms with E-state index in [1.165, 1.54) is 5.56 Å². The van der Waals surface area contributed by atoms with Gasteiger partial charge in [-0.2, -0.15) is 0 Å². The predicted molar refractivity (Wildman–Crippen MR) is 61.0 cm³/mol. The van der Waals surface area contributed by atoms with Gasteiger partial charge in [-0.3, -0.25) is 0 Å². The molecule has 1 atom stereocenters. The zero-order chi connectivity index (χ0) is 10.8. The van der Waals surface area contributed by atoms with Gasteiger partial charge in [-0.1, -0.05) is 12.1 Å². The van der Waals surface area contributed by atoms with E-state index >= 15 is 0 Å². The standard InChI is InChI=1S/C13H16O2/c1-9(10(2)14)7-11-3-4-13-12(8-11)5-6-15-13/h3-4,7-8,10,14H,5-6H2,1-2H3/b9-7+. The Bertz CT molecular complexity index is 392. The zero-order valence-electron chi connectivity index (χ0n) is 9.16. The second-order valence-corrected chi connectivity index (χ2v) is 4.03. The first kappa shape index (κ1) is 10.2. The Labute approximate surface area is 90.2 Å². The summed E-state index contributed by atoms with van der Waals surface area (Å²) in [6.07, 6.45) is 2.63. The number of fused-ring (bicyclic) bond motifs is 1. The fourth-order valence-corrected chi connectivity index (χ4v) is 1.68. The van der Waals surface area contributed by atoms with Gasteiger partial charge in [0.25, 0.3) is 0 Å². The molecular formula is C13H16O2. The van der Waals surface area contributed by atoms with Crippen LogP contribution in [0.15, 0.2) is 23.8 Å². The molecule has 1 aromatic carbocycles. The number of ether oxygens (including phenoxy) is 1. The van der Waals surface area contributed by atoms with E-state index in [2.05, 4.69) is 6.07 Å². The van der Waals surface area contributed by atoms with Crippen LogP contribution < -0.4 is 4.74 Å². The molecular weight excluding hydrogens is 188 g/mol. The normalized spacial score (nSPS) is 17.1. The van der Waals surface area contributed by atoms with Gasteiger partial charge in [-0.25, -0.2) is 0 Å². The molecule has 2 nitrogen and oxygen atoms in total. The van der Waals surface area contributed by atoms with Crippen molar-refractivity contribution in [1.29, 1.82) is 0 Å². The summed E-state index contributed by atoms with van der Waals surface area (Å²) >= 11 is 0. The number of hydrogen-bond donors (Lipinski definition) is 1. The lowest BCUT2D eigenvalue weighted by Gasteiger charge is -2.05. The number of aliphatic hydroxyl groups excluding tert-OH is 1. The van der Waals surface area contributed by atoms with Crippen LogP contribution in [-0.2, 0) is 6.42 Å². The third kappa shape index (κ3) is 2.21. The molecule has 0 aromatic heterocycles. The van der Waals surface area contributed by atoms with Crippen molar-refractivity contribution >= 4 is 6.08 Å². The van der Waals surface area contributed by atoms with Crippen molar-refractivity contribution in [2.75, 3.05) is 6.61 Å². The number of benzene rings is 1. The summed E-state index contributed by atoms with van der Waals surface area (Å²) in [5, 5.41) is 9.38. The van der Waals surface area contributed by atoms with Crippen molar-refractivity contribution in [3.63, 3.8) is 0 Å². The van der Waals surface area contributed by atoms with Crippen LogP contribution in [0, 0.1) is 0 Å². The molecule has 0 spiro atoms. The van der Waals surface area contributed by atoms with E-state index in [1.54, 1.807) is 6.92 Å². The summed E-state index contributed by atoms with van der Waals surface area (Å²) in [6.45, 7) is 4.51. The SMILES string of the molecule is C/C(=C\c1ccc2c(c1)CCO2)C(C)O. The van der Waals surface area contributed by atoms with Crippen molar-refractivity contribution in [3.8, 4) is 5.75 Å². The van der Waals surface area contributed by atoms with Gasteiger partial charge in [0.1, 0.15) is 5.75 Å². The number of rotatable bonds is 2. The summed E-state index contributed by atoms with van der Waals surface area (Å²) in [5.41, 5.74) is 3.38. The van der Waals surface area contributed by atoms with Crippen LogP contribution >= 0.6 is 0 Å². The minimum atomic E-state index is -0.380. The monoisotopic (exact) mass is 204 g/mol. The third-order valence-electron chi connectivity index (χ3n) is 2.77. The largest absolute Gasteiger partial charge is 0.493 e. The molecule has 80 valence electrons. The van der Waals surface area contributed by atoms with Crippen LogP contribution in [0.3, 0.4) is 0 Å². The fraction of sp³-hybridized carbons (Fsp3) is 0.385. The maximum absolute atomic E-state index is 9.38. The highest BCUT2D eigenvalue weighted by molar-refractivity contribution is 5.56. The zero-order valence-corrected chi connectivity index (χ0v) is 9.16. The minimum Gasteiger partial charge on any atom is -0.493 e. The van der Waals surface area contributed by atoms with Crippen LogP contribution in [0.5, 0.6) is 5.75 Å². The van der Waals surface area contributed by atoms with Crippen molar-refractivity contribution in [3.05, 3.63) is 34.9 Å². The molecule has 0 aliphatic carbocycles. The molecule has 0 amide bonds. The van der Waals surface area contributed by atoms with Gasteiger partial charge in [-0.05, 0) is 42.7 Å². The molecule has 2 rings (SSSR count). The molecule has 0 saturated carbocycles. The lowest BCUT2D eigenvalue weighted by molar-refractivity contribution is 0.232. The summed E-state index contributed by atoms with van der Waals surface area (Å²) in [4.78, 5) is 0. The van der Waals surface area contributed by atoms with E-state index in [1.807, 2.05) is 25.1 Å². The average molecular weight is 204 g/mol. The van der Waals surface area contributed by atoms with Crippen molar-refractivity contribution < 1.29 is 9.84 Å². The van der Waals surface area contributed by atoms with E-state index in [4.69, 9.17) is 4.74 Å². The molecule has 1 N–H and O–H groups in total. The second-order valence-electron chi connectivity index (χ2n) is 4.03. The van der Waals surface area contributed by atoms with Gasteiger partial charge in [0, 0.05) is 6.42 Å². The molecule has 0 fully saturated rings. The third-order valence-corrected chi connectivity index (χ3v) is 2.77. The summed E-state index contributed by atoms with van der Waals surface area (Å²) < 4.78 is 5.44. The van der Waals surface area contributed by atoms with Crippen molar-refractivity contribution in [1.82, 2.24) is 0 Å². The smallest absolute Gasteiger partial charge is 0.122 e. The van der Waals surface area contributed by atoms with Crippen LogP contribution in [0.4, 0.5) is 0 Å². The second kappa shape index (κ2) is 4.07. The van der Waals surface area contributed by atoms with Gasteiger partial charge in [-0.15, -0.1) is 0 Å². The quantitative estimate of drug-likeness (QED) is 0.801. The van der Waals surface area contributed by atoms with Gasteiger partial charge in [0.15, 0.2) is 0 Å².